The van der Waals surface area contributed by atoms with Crippen LogP contribution in [0.15, 0.2) is 77.8 Å². The van der Waals surface area contributed by atoms with Crippen LogP contribution >= 0.6 is 22.9 Å². The molecule has 51 heavy (non-hydrogen) atoms. The number of aliphatic imine (C=N–C) groups is 1. The number of amides is 2. The van der Waals surface area contributed by atoms with Crippen molar-refractivity contribution in [1.29, 1.82) is 0 Å². The number of benzene rings is 3. The molecule has 6 rings (SSSR count). The zero-order valence-corrected chi connectivity index (χ0v) is 30.6. The molecule has 0 unspecified atom stereocenters. The van der Waals surface area contributed by atoms with Crippen LogP contribution in [0.25, 0.3) is 5.00 Å². The van der Waals surface area contributed by atoms with Gasteiger partial charge in [-0.05, 0) is 89.1 Å². The van der Waals surface area contributed by atoms with Crippen molar-refractivity contribution in [3.63, 3.8) is 0 Å². The third kappa shape index (κ3) is 8.03. The number of anilines is 2. The Kier molecular flexibility index (Phi) is 10.1. The standard InChI is InChI=1S/C38H37ClN6O5S/c1-21-22(2)51-36-32(21)33(25-15-17-27(39)18-16-25)40-30(34-44-43-23(3)45(34)36)19-31(46)49-20-24-11-13-26(14-12-24)35(47)41-28-9-7-8-10-29(28)42-37(48)50-38(4,5)6/h7-18,30H,19-20H2,1-6H3,(H,41,47)(H,42,48)/t30-/m1/s1. The number of ether oxygens (including phenoxy) is 2. The molecule has 5 aromatic rings. The Labute approximate surface area is 304 Å². The molecule has 3 aromatic carbocycles. The van der Waals surface area contributed by atoms with E-state index < -0.39 is 23.7 Å². The molecule has 2 amide bonds. The van der Waals surface area contributed by atoms with Crippen LogP contribution in [0.4, 0.5) is 16.2 Å². The summed E-state index contributed by atoms with van der Waals surface area (Å²) in [5.41, 5.74) is 4.94. The lowest BCUT2D eigenvalue weighted by atomic mass is 9.99. The van der Waals surface area contributed by atoms with Crippen molar-refractivity contribution in [3.8, 4) is 5.00 Å². The molecule has 0 fully saturated rings. The van der Waals surface area contributed by atoms with Gasteiger partial charge in [-0.15, -0.1) is 21.5 Å². The molecule has 1 aliphatic rings. The first-order chi connectivity index (χ1) is 24.3. The number of nitrogens with zero attached hydrogens (tertiary/aromatic N) is 4. The third-order valence-corrected chi connectivity index (χ3v) is 9.59. The lowest BCUT2D eigenvalue weighted by Gasteiger charge is -2.20. The quantitative estimate of drug-likeness (QED) is 0.153. The van der Waals surface area contributed by atoms with Crippen LogP contribution in [0.1, 0.15) is 82.4 Å². The van der Waals surface area contributed by atoms with Gasteiger partial charge in [0.2, 0.25) is 0 Å². The van der Waals surface area contributed by atoms with Gasteiger partial charge in [-0.2, -0.15) is 0 Å². The first kappa shape index (κ1) is 35.5. The fourth-order valence-electron chi connectivity index (χ4n) is 5.57. The number of hydrogen-bond acceptors (Lipinski definition) is 9. The Morgan fingerprint density at radius 2 is 1.57 bits per heavy atom. The fourth-order valence-corrected chi connectivity index (χ4v) is 6.91. The molecule has 13 heteroatoms. The second kappa shape index (κ2) is 14.5. The highest BCUT2D eigenvalue weighted by molar-refractivity contribution is 7.15. The van der Waals surface area contributed by atoms with E-state index in [-0.39, 0.29) is 18.9 Å². The van der Waals surface area contributed by atoms with Gasteiger partial charge in [0, 0.05) is 26.6 Å². The monoisotopic (exact) mass is 724 g/mol. The molecular weight excluding hydrogens is 688 g/mol. The largest absolute Gasteiger partial charge is 0.461 e. The van der Waals surface area contributed by atoms with E-state index in [2.05, 4.69) is 34.7 Å². The van der Waals surface area contributed by atoms with Gasteiger partial charge in [0.15, 0.2) is 5.82 Å². The third-order valence-electron chi connectivity index (χ3n) is 8.14. The number of nitrogens with one attached hydrogen (secondary N) is 2. The molecular formula is C38H37ClN6O5S. The van der Waals surface area contributed by atoms with Crippen LogP contribution in [-0.2, 0) is 20.9 Å². The summed E-state index contributed by atoms with van der Waals surface area (Å²) in [6.07, 6.45) is -0.686. The predicted molar refractivity (Wildman–Crippen MR) is 198 cm³/mol. The number of thiophene rings is 1. The van der Waals surface area contributed by atoms with Gasteiger partial charge >= 0.3 is 12.1 Å². The number of aromatic nitrogens is 3. The summed E-state index contributed by atoms with van der Waals surface area (Å²) in [6.45, 7) is 11.3. The van der Waals surface area contributed by atoms with Crippen LogP contribution in [0.2, 0.25) is 5.02 Å². The molecule has 2 N–H and O–H groups in total. The summed E-state index contributed by atoms with van der Waals surface area (Å²) < 4.78 is 13.0. The molecule has 1 atom stereocenters. The summed E-state index contributed by atoms with van der Waals surface area (Å²) in [7, 11) is 0. The normalized spacial score (nSPS) is 13.7. The fraction of sp³-hybridized carbons (Fsp3) is 0.263. The van der Waals surface area contributed by atoms with Crippen LogP contribution in [0, 0.1) is 20.8 Å². The minimum Gasteiger partial charge on any atom is -0.461 e. The molecule has 2 aromatic heterocycles. The predicted octanol–water partition coefficient (Wildman–Crippen LogP) is 8.53. The van der Waals surface area contributed by atoms with E-state index in [0.29, 0.717) is 39.2 Å². The van der Waals surface area contributed by atoms with Crippen molar-refractivity contribution in [2.45, 2.75) is 66.2 Å². The van der Waals surface area contributed by atoms with Gasteiger partial charge in [-0.25, -0.2) is 4.79 Å². The Balaban J connectivity index is 1.14. The van der Waals surface area contributed by atoms with E-state index in [9.17, 15) is 14.4 Å². The zero-order chi connectivity index (χ0) is 36.4. The molecule has 3 heterocycles. The van der Waals surface area contributed by atoms with Gasteiger partial charge < -0.3 is 14.8 Å². The second-order valence-electron chi connectivity index (χ2n) is 13.1. The SMILES string of the molecule is Cc1sc2c(c1C)C(c1ccc(Cl)cc1)=N[C@H](CC(=O)OCc1ccc(C(=O)Nc3ccccc3NC(=O)OC(C)(C)C)cc1)c1nnc(C)n1-2. The van der Waals surface area contributed by atoms with Crippen LogP contribution in [0.5, 0.6) is 0 Å². The average Bonchev–Trinajstić information content (AvgIpc) is 3.56. The van der Waals surface area contributed by atoms with Gasteiger partial charge in [-0.3, -0.25) is 24.5 Å². The molecule has 0 spiro atoms. The lowest BCUT2D eigenvalue weighted by molar-refractivity contribution is -0.145. The molecule has 1 aliphatic heterocycles. The van der Waals surface area contributed by atoms with E-state index in [4.69, 9.17) is 26.1 Å². The molecule has 0 aliphatic carbocycles. The molecule has 11 nitrogen and oxygen atoms in total. The number of para-hydroxylation sites is 2. The number of rotatable bonds is 8. The maximum atomic E-state index is 13.3. The maximum Gasteiger partial charge on any atom is 0.412 e. The van der Waals surface area contributed by atoms with Crippen LogP contribution < -0.4 is 10.6 Å². The minimum atomic E-state index is -0.671. The highest BCUT2D eigenvalue weighted by Crippen LogP contribution is 2.39. The summed E-state index contributed by atoms with van der Waals surface area (Å²) in [5, 5.41) is 15.9. The highest BCUT2D eigenvalue weighted by Gasteiger charge is 2.33. The Morgan fingerprint density at radius 1 is 0.902 bits per heavy atom. The van der Waals surface area contributed by atoms with Crippen molar-refractivity contribution in [2.24, 2.45) is 4.99 Å². The number of halogens is 1. The number of aryl methyl sites for hydroxylation is 2. The number of fused-ring (bicyclic) bond motifs is 3. The smallest absolute Gasteiger partial charge is 0.412 e. The number of hydrogen-bond donors (Lipinski definition) is 2. The molecule has 0 saturated heterocycles. The van der Waals surface area contributed by atoms with Gasteiger partial charge in [0.25, 0.3) is 5.91 Å². The highest BCUT2D eigenvalue weighted by atomic mass is 35.5. The summed E-state index contributed by atoms with van der Waals surface area (Å²) in [6, 6.07) is 20.4. The first-order valence-corrected chi connectivity index (χ1v) is 17.5. The zero-order valence-electron chi connectivity index (χ0n) is 29.0. The molecule has 0 bridgehead atoms. The Hall–Kier alpha value is -5.33. The minimum absolute atomic E-state index is 0.00120. The number of carbonyl (C=O) groups excluding carboxylic acids is 3. The summed E-state index contributed by atoms with van der Waals surface area (Å²) in [5.74, 6) is 0.429. The average molecular weight is 725 g/mol. The molecule has 0 saturated carbocycles. The lowest BCUT2D eigenvalue weighted by Crippen LogP contribution is -2.27. The van der Waals surface area contributed by atoms with E-state index in [0.717, 1.165) is 32.3 Å². The Morgan fingerprint density at radius 3 is 2.24 bits per heavy atom. The van der Waals surface area contributed by atoms with Crippen molar-refractivity contribution in [1.82, 2.24) is 14.8 Å². The Bertz CT molecular complexity index is 2150. The van der Waals surface area contributed by atoms with Crippen molar-refractivity contribution in [2.75, 3.05) is 10.6 Å². The van der Waals surface area contributed by atoms with E-state index in [1.807, 2.05) is 35.8 Å². The molecule has 0 radical (unpaired) electrons. The van der Waals surface area contributed by atoms with Gasteiger partial charge in [-0.1, -0.05) is 48.0 Å². The van der Waals surface area contributed by atoms with Crippen LogP contribution in [-0.4, -0.2) is 44.0 Å². The first-order valence-electron chi connectivity index (χ1n) is 16.3. The number of carbonyl (C=O) groups is 3. The van der Waals surface area contributed by atoms with E-state index in [1.54, 1.807) is 80.6 Å². The van der Waals surface area contributed by atoms with Gasteiger partial charge in [0.1, 0.15) is 29.1 Å². The van der Waals surface area contributed by atoms with Crippen molar-refractivity contribution in [3.05, 3.63) is 122 Å². The summed E-state index contributed by atoms with van der Waals surface area (Å²) >= 11 is 7.85. The molecule has 262 valence electrons. The second-order valence-corrected chi connectivity index (χ2v) is 14.7. The maximum absolute atomic E-state index is 13.3. The van der Waals surface area contributed by atoms with Crippen LogP contribution in [0.3, 0.4) is 0 Å². The number of esters is 1. The van der Waals surface area contributed by atoms with Gasteiger partial charge in [0.05, 0.1) is 23.5 Å². The van der Waals surface area contributed by atoms with Crippen molar-refractivity contribution >= 4 is 58.0 Å². The summed E-state index contributed by atoms with van der Waals surface area (Å²) in [4.78, 5) is 45.0. The topological polar surface area (TPSA) is 137 Å². The van der Waals surface area contributed by atoms with Crippen molar-refractivity contribution < 1.29 is 23.9 Å². The van der Waals surface area contributed by atoms with E-state index >= 15 is 0 Å². The van der Waals surface area contributed by atoms with E-state index in [1.165, 1.54) is 0 Å².